The molecule has 0 spiro atoms. The molecule has 5 heteroatoms. The van der Waals surface area contributed by atoms with Crippen molar-refractivity contribution in [3.8, 4) is 0 Å². The summed E-state index contributed by atoms with van der Waals surface area (Å²) >= 11 is 1.49. The zero-order valence-corrected chi connectivity index (χ0v) is 9.22. The van der Waals surface area contributed by atoms with Crippen molar-refractivity contribution in [2.75, 3.05) is 5.75 Å². The first kappa shape index (κ1) is 11.8. The first-order chi connectivity index (χ1) is 7.20. The Morgan fingerprint density at radius 1 is 1.60 bits per heavy atom. The zero-order chi connectivity index (χ0) is 11.3. The topological polar surface area (TPSA) is 58.6 Å². The maximum Gasteiger partial charge on any atom is 0.174 e. The van der Waals surface area contributed by atoms with Crippen LogP contribution >= 0.6 is 11.8 Å². The second-order valence-electron chi connectivity index (χ2n) is 2.95. The SMILES string of the molecule is CCCSc1cccc(F)c1C(N)=NO. The van der Waals surface area contributed by atoms with Crippen molar-refractivity contribution in [2.24, 2.45) is 10.9 Å². The molecular weight excluding hydrogens is 215 g/mol. The van der Waals surface area contributed by atoms with E-state index in [1.54, 1.807) is 12.1 Å². The van der Waals surface area contributed by atoms with E-state index in [-0.39, 0.29) is 11.4 Å². The minimum absolute atomic E-state index is 0.179. The van der Waals surface area contributed by atoms with Gasteiger partial charge in [-0.15, -0.1) is 11.8 Å². The number of nitrogens with two attached hydrogens (primary N) is 1. The summed E-state index contributed by atoms with van der Waals surface area (Å²) in [5.41, 5.74) is 5.59. The lowest BCUT2D eigenvalue weighted by atomic mass is 10.2. The summed E-state index contributed by atoms with van der Waals surface area (Å²) in [5.74, 6) is 0.216. The number of amidine groups is 1. The molecule has 1 rings (SSSR count). The molecule has 0 heterocycles. The summed E-state index contributed by atoms with van der Waals surface area (Å²) in [4.78, 5) is 0.701. The van der Waals surface area contributed by atoms with E-state index in [2.05, 4.69) is 5.16 Å². The average molecular weight is 228 g/mol. The Morgan fingerprint density at radius 2 is 2.33 bits per heavy atom. The largest absolute Gasteiger partial charge is 0.409 e. The van der Waals surface area contributed by atoms with E-state index < -0.39 is 5.82 Å². The predicted octanol–water partition coefficient (Wildman–Crippen LogP) is 2.42. The third-order valence-corrected chi connectivity index (χ3v) is 3.06. The number of oxime groups is 1. The fraction of sp³-hybridized carbons (Fsp3) is 0.300. The van der Waals surface area contributed by atoms with Gasteiger partial charge in [0.25, 0.3) is 0 Å². The Balaban J connectivity index is 3.09. The van der Waals surface area contributed by atoms with Gasteiger partial charge in [0.1, 0.15) is 5.82 Å². The van der Waals surface area contributed by atoms with Crippen molar-refractivity contribution in [1.82, 2.24) is 0 Å². The van der Waals surface area contributed by atoms with E-state index >= 15 is 0 Å². The van der Waals surface area contributed by atoms with Gasteiger partial charge in [0.2, 0.25) is 0 Å². The molecule has 1 aromatic carbocycles. The van der Waals surface area contributed by atoms with Gasteiger partial charge in [0.15, 0.2) is 5.84 Å². The number of rotatable bonds is 4. The normalized spacial score (nSPS) is 11.7. The molecule has 3 nitrogen and oxygen atoms in total. The number of thioether (sulfide) groups is 1. The average Bonchev–Trinajstić information content (AvgIpc) is 2.25. The molecule has 0 aliphatic carbocycles. The predicted molar refractivity (Wildman–Crippen MR) is 59.9 cm³/mol. The molecular formula is C10H13FN2OS. The molecule has 0 amide bonds. The molecule has 15 heavy (non-hydrogen) atoms. The highest BCUT2D eigenvalue weighted by molar-refractivity contribution is 7.99. The van der Waals surface area contributed by atoms with Gasteiger partial charge in [-0.2, -0.15) is 0 Å². The smallest absolute Gasteiger partial charge is 0.174 e. The van der Waals surface area contributed by atoms with Crippen LogP contribution in [-0.4, -0.2) is 16.8 Å². The minimum Gasteiger partial charge on any atom is -0.409 e. The molecule has 0 aliphatic heterocycles. The highest BCUT2D eigenvalue weighted by Crippen LogP contribution is 2.25. The van der Waals surface area contributed by atoms with Crippen LogP contribution in [0.5, 0.6) is 0 Å². The van der Waals surface area contributed by atoms with Crippen molar-refractivity contribution in [2.45, 2.75) is 18.2 Å². The lowest BCUT2D eigenvalue weighted by molar-refractivity contribution is 0.318. The van der Waals surface area contributed by atoms with E-state index in [1.165, 1.54) is 17.8 Å². The number of hydrogen-bond donors (Lipinski definition) is 2. The van der Waals surface area contributed by atoms with Crippen LogP contribution in [0.15, 0.2) is 28.3 Å². The van der Waals surface area contributed by atoms with Crippen LogP contribution in [-0.2, 0) is 0 Å². The third-order valence-electron chi connectivity index (χ3n) is 1.80. The molecule has 0 saturated carbocycles. The number of hydrogen-bond acceptors (Lipinski definition) is 3. The second kappa shape index (κ2) is 5.60. The highest BCUT2D eigenvalue weighted by Gasteiger charge is 2.12. The Kier molecular flexibility index (Phi) is 4.42. The highest BCUT2D eigenvalue weighted by atomic mass is 32.2. The van der Waals surface area contributed by atoms with Crippen molar-refractivity contribution in [3.63, 3.8) is 0 Å². The minimum atomic E-state index is -0.466. The Morgan fingerprint density at radius 3 is 2.93 bits per heavy atom. The summed E-state index contributed by atoms with van der Waals surface area (Å²) in [5, 5.41) is 11.4. The lowest BCUT2D eigenvalue weighted by Gasteiger charge is -2.07. The number of benzene rings is 1. The third kappa shape index (κ3) is 2.86. The van der Waals surface area contributed by atoms with Crippen molar-refractivity contribution in [1.29, 1.82) is 0 Å². The maximum absolute atomic E-state index is 13.4. The quantitative estimate of drug-likeness (QED) is 0.273. The van der Waals surface area contributed by atoms with Gasteiger partial charge >= 0.3 is 0 Å². The fourth-order valence-corrected chi connectivity index (χ4v) is 2.08. The first-order valence-electron chi connectivity index (χ1n) is 4.60. The van der Waals surface area contributed by atoms with Gasteiger partial charge in [-0.3, -0.25) is 0 Å². The number of halogens is 1. The summed E-state index contributed by atoms with van der Waals surface area (Å²) in [6.07, 6.45) is 0.983. The summed E-state index contributed by atoms with van der Waals surface area (Å²) in [7, 11) is 0. The van der Waals surface area contributed by atoms with Crippen molar-refractivity contribution < 1.29 is 9.60 Å². The van der Waals surface area contributed by atoms with E-state index in [0.29, 0.717) is 4.90 Å². The van der Waals surface area contributed by atoms with Crippen molar-refractivity contribution in [3.05, 3.63) is 29.6 Å². The molecule has 3 N–H and O–H groups in total. The summed E-state index contributed by atoms with van der Waals surface area (Å²) in [6.45, 7) is 2.04. The Bertz CT molecular complexity index is 368. The zero-order valence-electron chi connectivity index (χ0n) is 8.40. The van der Waals surface area contributed by atoms with Gasteiger partial charge in [0.05, 0.1) is 5.56 Å². The fourth-order valence-electron chi connectivity index (χ4n) is 1.14. The standard InChI is InChI=1S/C10H13FN2OS/c1-2-6-15-8-5-3-4-7(11)9(8)10(12)13-14/h3-5,14H,2,6H2,1H3,(H2,12,13). The van der Waals surface area contributed by atoms with Crippen LogP contribution in [0.4, 0.5) is 4.39 Å². The van der Waals surface area contributed by atoms with E-state index in [4.69, 9.17) is 10.9 Å². The molecule has 0 unspecified atom stereocenters. The summed E-state index contributed by atoms with van der Waals surface area (Å²) < 4.78 is 13.4. The second-order valence-corrected chi connectivity index (χ2v) is 4.08. The molecule has 0 bridgehead atoms. The van der Waals surface area contributed by atoms with Crippen LogP contribution in [0, 0.1) is 5.82 Å². The van der Waals surface area contributed by atoms with Crippen LogP contribution < -0.4 is 5.73 Å². The van der Waals surface area contributed by atoms with E-state index in [1.807, 2.05) is 6.92 Å². The molecule has 0 radical (unpaired) electrons. The summed E-state index contributed by atoms with van der Waals surface area (Å²) in [6, 6.07) is 4.67. The van der Waals surface area contributed by atoms with E-state index in [0.717, 1.165) is 12.2 Å². The van der Waals surface area contributed by atoms with Crippen LogP contribution in [0.25, 0.3) is 0 Å². The molecule has 0 fully saturated rings. The maximum atomic E-state index is 13.4. The van der Waals surface area contributed by atoms with Gasteiger partial charge in [0, 0.05) is 4.90 Å². The van der Waals surface area contributed by atoms with Gasteiger partial charge in [-0.05, 0) is 24.3 Å². The molecule has 0 atom stereocenters. The molecule has 0 aromatic heterocycles. The van der Waals surface area contributed by atoms with Crippen molar-refractivity contribution >= 4 is 17.6 Å². The Labute approximate surface area is 92.2 Å². The van der Waals surface area contributed by atoms with Gasteiger partial charge < -0.3 is 10.9 Å². The molecule has 0 aliphatic rings. The Hall–Kier alpha value is -1.23. The van der Waals surface area contributed by atoms with Crippen LogP contribution in [0.2, 0.25) is 0 Å². The number of nitrogens with zero attached hydrogens (tertiary/aromatic N) is 1. The van der Waals surface area contributed by atoms with Gasteiger partial charge in [-0.1, -0.05) is 18.1 Å². The van der Waals surface area contributed by atoms with Crippen LogP contribution in [0.1, 0.15) is 18.9 Å². The van der Waals surface area contributed by atoms with Crippen LogP contribution in [0.3, 0.4) is 0 Å². The lowest BCUT2D eigenvalue weighted by Crippen LogP contribution is -2.16. The molecule has 82 valence electrons. The first-order valence-corrected chi connectivity index (χ1v) is 5.58. The van der Waals surface area contributed by atoms with Gasteiger partial charge in [-0.25, -0.2) is 4.39 Å². The van der Waals surface area contributed by atoms with E-state index in [9.17, 15) is 4.39 Å². The molecule has 1 aromatic rings. The monoisotopic (exact) mass is 228 g/mol. The molecule has 0 saturated heterocycles.